The van der Waals surface area contributed by atoms with E-state index in [4.69, 9.17) is 21.1 Å². The Morgan fingerprint density at radius 3 is 2.33 bits per heavy atom. The second-order valence-corrected chi connectivity index (χ2v) is 8.97. The minimum Gasteiger partial charge on any atom is -0.490 e. The molecule has 1 amide bonds. The molecular formula is C21H27ClN2O5S. The first-order valence-electron chi connectivity index (χ1n) is 9.54. The number of hydrogen-bond acceptors (Lipinski definition) is 5. The van der Waals surface area contributed by atoms with Crippen LogP contribution in [0.4, 0.5) is 5.69 Å². The van der Waals surface area contributed by atoms with E-state index in [0.717, 1.165) is 16.1 Å². The Bertz CT molecular complexity index is 995. The Kier molecular flexibility index (Phi) is 8.37. The van der Waals surface area contributed by atoms with Gasteiger partial charge in [-0.3, -0.25) is 9.10 Å². The van der Waals surface area contributed by atoms with E-state index in [2.05, 4.69) is 5.32 Å². The molecule has 0 saturated heterocycles. The highest BCUT2D eigenvalue weighted by Gasteiger charge is 2.22. The van der Waals surface area contributed by atoms with Gasteiger partial charge in [0.05, 0.1) is 25.2 Å². The Labute approximate surface area is 183 Å². The van der Waals surface area contributed by atoms with Crippen LogP contribution in [0.2, 0.25) is 5.02 Å². The number of amides is 1. The summed E-state index contributed by atoms with van der Waals surface area (Å²) in [7, 11) is -3.66. The van der Waals surface area contributed by atoms with Gasteiger partial charge in [0.15, 0.2) is 11.5 Å². The van der Waals surface area contributed by atoms with E-state index in [1.807, 2.05) is 19.9 Å². The lowest BCUT2D eigenvalue weighted by atomic mass is 10.2. The molecule has 9 heteroatoms. The van der Waals surface area contributed by atoms with Gasteiger partial charge >= 0.3 is 0 Å². The van der Waals surface area contributed by atoms with Crippen molar-refractivity contribution in [1.29, 1.82) is 0 Å². The minimum atomic E-state index is -3.66. The zero-order chi connectivity index (χ0) is 22.3. The van der Waals surface area contributed by atoms with Gasteiger partial charge in [-0.1, -0.05) is 17.7 Å². The van der Waals surface area contributed by atoms with E-state index in [0.29, 0.717) is 41.0 Å². The Balaban J connectivity index is 2.12. The largest absolute Gasteiger partial charge is 0.490 e. The van der Waals surface area contributed by atoms with Gasteiger partial charge in [0.1, 0.15) is 6.54 Å². The van der Waals surface area contributed by atoms with Crippen molar-refractivity contribution in [3.05, 3.63) is 52.5 Å². The molecule has 0 saturated carbocycles. The predicted octanol–water partition coefficient (Wildman–Crippen LogP) is 3.53. The molecule has 0 radical (unpaired) electrons. The Hall–Kier alpha value is -2.45. The molecule has 7 nitrogen and oxygen atoms in total. The number of hydrogen-bond donors (Lipinski definition) is 1. The summed E-state index contributed by atoms with van der Waals surface area (Å²) in [6, 6.07) is 10.2. The summed E-state index contributed by atoms with van der Waals surface area (Å²) in [4.78, 5) is 12.5. The number of nitrogens with zero attached hydrogens (tertiary/aromatic N) is 1. The fourth-order valence-electron chi connectivity index (χ4n) is 2.87. The highest BCUT2D eigenvalue weighted by atomic mass is 35.5. The van der Waals surface area contributed by atoms with Gasteiger partial charge in [-0.05, 0) is 62.2 Å². The van der Waals surface area contributed by atoms with Crippen LogP contribution in [0.5, 0.6) is 11.5 Å². The van der Waals surface area contributed by atoms with Crippen molar-refractivity contribution >= 4 is 33.2 Å². The molecule has 2 rings (SSSR count). The number of rotatable bonds is 10. The third kappa shape index (κ3) is 6.53. The van der Waals surface area contributed by atoms with Crippen molar-refractivity contribution in [1.82, 2.24) is 5.32 Å². The molecule has 2 aromatic carbocycles. The van der Waals surface area contributed by atoms with Crippen LogP contribution in [0.1, 0.15) is 25.0 Å². The van der Waals surface area contributed by atoms with Gasteiger partial charge < -0.3 is 14.8 Å². The van der Waals surface area contributed by atoms with Crippen LogP contribution in [0.25, 0.3) is 0 Å². The quantitative estimate of drug-likeness (QED) is 0.593. The van der Waals surface area contributed by atoms with Gasteiger partial charge in [0.25, 0.3) is 0 Å². The number of nitrogens with one attached hydrogen (secondary N) is 1. The molecule has 0 aliphatic carbocycles. The molecule has 2 aromatic rings. The molecular weight excluding hydrogens is 428 g/mol. The first kappa shape index (κ1) is 23.8. The lowest BCUT2D eigenvalue weighted by molar-refractivity contribution is -0.119. The van der Waals surface area contributed by atoms with Gasteiger partial charge in [0, 0.05) is 11.6 Å². The molecule has 0 unspecified atom stereocenters. The summed E-state index contributed by atoms with van der Waals surface area (Å²) in [5.41, 5.74) is 1.88. The highest BCUT2D eigenvalue weighted by molar-refractivity contribution is 7.92. The third-order valence-corrected chi connectivity index (χ3v) is 5.57. The molecule has 164 valence electrons. The van der Waals surface area contributed by atoms with E-state index < -0.39 is 15.9 Å². The van der Waals surface area contributed by atoms with Crippen molar-refractivity contribution in [2.75, 3.05) is 30.3 Å². The maximum absolute atomic E-state index is 12.5. The summed E-state index contributed by atoms with van der Waals surface area (Å²) in [5.74, 6) is 0.804. The van der Waals surface area contributed by atoms with Crippen molar-refractivity contribution < 1.29 is 22.7 Å². The molecule has 0 bridgehead atoms. The number of sulfonamides is 1. The van der Waals surface area contributed by atoms with Gasteiger partial charge in [-0.25, -0.2) is 8.42 Å². The number of aryl methyl sites for hydroxylation is 1. The number of anilines is 1. The lowest BCUT2D eigenvalue weighted by Gasteiger charge is -2.23. The maximum Gasteiger partial charge on any atom is 0.241 e. The van der Waals surface area contributed by atoms with Crippen LogP contribution >= 0.6 is 11.6 Å². The summed E-state index contributed by atoms with van der Waals surface area (Å²) in [6.07, 6.45) is 1.06. The molecule has 0 heterocycles. The molecule has 0 aliphatic rings. The summed E-state index contributed by atoms with van der Waals surface area (Å²) >= 11 is 5.96. The van der Waals surface area contributed by atoms with E-state index in [1.165, 1.54) is 0 Å². The van der Waals surface area contributed by atoms with Crippen molar-refractivity contribution in [3.8, 4) is 11.5 Å². The van der Waals surface area contributed by atoms with Gasteiger partial charge in [-0.15, -0.1) is 0 Å². The van der Waals surface area contributed by atoms with Gasteiger partial charge in [-0.2, -0.15) is 0 Å². The van der Waals surface area contributed by atoms with E-state index in [9.17, 15) is 13.2 Å². The third-order valence-electron chi connectivity index (χ3n) is 4.21. The number of carbonyl (C=O) groups excluding carboxylic acids is 1. The van der Waals surface area contributed by atoms with E-state index in [-0.39, 0.29) is 13.1 Å². The SMILES string of the molecule is CCOc1ccc(CNC(=O)CN(c2ccc(Cl)cc2C)S(C)(=O)=O)cc1OCC. The predicted molar refractivity (Wildman–Crippen MR) is 119 cm³/mol. The monoisotopic (exact) mass is 454 g/mol. The van der Waals surface area contributed by atoms with Crippen LogP contribution < -0.4 is 19.1 Å². The van der Waals surface area contributed by atoms with E-state index >= 15 is 0 Å². The van der Waals surface area contributed by atoms with Crippen LogP contribution in [-0.2, 0) is 21.4 Å². The van der Waals surface area contributed by atoms with E-state index in [1.54, 1.807) is 37.3 Å². The first-order chi connectivity index (χ1) is 14.2. The first-order valence-corrected chi connectivity index (χ1v) is 11.8. The second kappa shape index (κ2) is 10.5. The average molecular weight is 455 g/mol. The average Bonchev–Trinajstić information content (AvgIpc) is 2.66. The maximum atomic E-state index is 12.5. The molecule has 0 atom stereocenters. The second-order valence-electron chi connectivity index (χ2n) is 6.62. The lowest BCUT2D eigenvalue weighted by Crippen LogP contribution is -2.40. The summed E-state index contributed by atoms with van der Waals surface area (Å²) < 4.78 is 36.7. The van der Waals surface area contributed by atoms with Crippen LogP contribution in [0, 0.1) is 6.92 Å². The fraction of sp³-hybridized carbons (Fsp3) is 0.381. The summed E-state index contributed by atoms with van der Waals surface area (Å²) in [5, 5.41) is 3.25. The van der Waals surface area contributed by atoms with Crippen LogP contribution in [-0.4, -0.2) is 40.3 Å². The van der Waals surface area contributed by atoms with Crippen LogP contribution in [0.15, 0.2) is 36.4 Å². The minimum absolute atomic E-state index is 0.225. The molecule has 30 heavy (non-hydrogen) atoms. The fourth-order valence-corrected chi connectivity index (χ4v) is 4.01. The van der Waals surface area contributed by atoms with Crippen molar-refractivity contribution in [2.24, 2.45) is 0 Å². The molecule has 0 aromatic heterocycles. The zero-order valence-corrected chi connectivity index (χ0v) is 19.1. The number of ether oxygens (including phenoxy) is 2. The Morgan fingerprint density at radius 2 is 1.73 bits per heavy atom. The smallest absolute Gasteiger partial charge is 0.241 e. The molecule has 1 N–H and O–H groups in total. The number of carbonyl (C=O) groups is 1. The number of benzene rings is 2. The molecule has 0 aliphatic heterocycles. The zero-order valence-electron chi connectivity index (χ0n) is 17.6. The van der Waals surface area contributed by atoms with Crippen LogP contribution in [0.3, 0.4) is 0 Å². The van der Waals surface area contributed by atoms with Crippen molar-refractivity contribution in [2.45, 2.75) is 27.3 Å². The molecule has 0 fully saturated rings. The topological polar surface area (TPSA) is 84.9 Å². The summed E-state index contributed by atoms with van der Waals surface area (Å²) in [6.45, 7) is 6.40. The highest BCUT2D eigenvalue weighted by Crippen LogP contribution is 2.29. The normalized spacial score (nSPS) is 11.1. The standard InChI is InChI=1S/C21H27ClN2O5S/c1-5-28-19-10-7-16(12-20(19)29-6-2)13-23-21(25)14-24(30(4,26)27)18-9-8-17(22)11-15(18)3/h7-12H,5-6,13-14H2,1-4H3,(H,23,25). The Morgan fingerprint density at radius 1 is 1.07 bits per heavy atom. The number of halogens is 1. The molecule has 0 spiro atoms. The van der Waals surface area contributed by atoms with Gasteiger partial charge in [0.2, 0.25) is 15.9 Å². The van der Waals surface area contributed by atoms with Crippen molar-refractivity contribution in [3.63, 3.8) is 0 Å².